The predicted molar refractivity (Wildman–Crippen MR) is 95.4 cm³/mol. The lowest BCUT2D eigenvalue weighted by Gasteiger charge is -2.11. The molecule has 0 unspecified atom stereocenters. The highest BCUT2D eigenvalue weighted by Crippen LogP contribution is 2.29. The van der Waals surface area contributed by atoms with Crippen molar-refractivity contribution in [1.29, 1.82) is 0 Å². The van der Waals surface area contributed by atoms with Gasteiger partial charge in [0, 0.05) is 30.2 Å². The Labute approximate surface area is 145 Å². The molecule has 128 valence electrons. The number of fused-ring (bicyclic) bond motifs is 1. The lowest BCUT2D eigenvalue weighted by molar-refractivity contribution is -0.112. The van der Waals surface area contributed by atoms with E-state index < -0.39 is 11.7 Å². The third-order valence-corrected chi connectivity index (χ3v) is 4.00. The van der Waals surface area contributed by atoms with E-state index in [4.69, 9.17) is 9.47 Å². The lowest BCUT2D eigenvalue weighted by Crippen LogP contribution is -2.23. The highest BCUT2D eigenvalue weighted by atomic mass is 16.5. The number of nitrogens with zero attached hydrogens (tertiary/aromatic N) is 1. The monoisotopic (exact) mass is 338 g/mol. The summed E-state index contributed by atoms with van der Waals surface area (Å²) in [6.45, 7) is 0. The predicted octanol–water partition coefficient (Wildman–Crippen LogP) is 3.02. The molecular formula is C19H18N2O4. The molecule has 2 aromatic carbocycles. The Balaban J connectivity index is 1.89. The minimum Gasteiger partial charge on any atom is -0.497 e. The summed E-state index contributed by atoms with van der Waals surface area (Å²) in [5.41, 5.74) is 1.66. The van der Waals surface area contributed by atoms with Crippen molar-refractivity contribution in [3.05, 3.63) is 54.2 Å². The maximum Gasteiger partial charge on any atom is 0.296 e. The number of hydrogen-bond donors (Lipinski definition) is 1. The van der Waals surface area contributed by atoms with Crippen molar-refractivity contribution in [2.24, 2.45) is 7.05 Å². The van der Waals surface area contributed by atoms with Crippen LogP contribution in [0.15, 0.2) is 48.7 Å². The molecule has 0 saturated heterocycles. The summed E-state index contributed by atoms with van der Waals surface area (Å²) in [5, 5.41) is 3.35. The number of aryl methyl sites for hydroxylation is 1. The number of nitrogens with one attached hydrogen (secondary N) is 1. The van der Waals surface area contributed by atoms with Crippen LogP contribution in [0.25, 0.3) is 10.9 Å². The van der Waals surface area contributed by atoms with Crippen LogP contribution in [-0.2, 0) is 11.8 Å². The molecule has 1 N–H and O–H groups in total. The molecule has 0 aliphatic rings. The molecule has 0 aliphatic carbocycles. The Morgan fingerprint density at radius 2 is 1.80 bits per heavy atom. The van der Waals surface area contributed by atoms with Crippen LogP contribution in [0.2, 0.25) is 0 Å². The van der Waals surface area contributed by atoms with E-state index in [1.165, 1.54) is 14.2 Å². The van der Waals surface area contributed by atoms with Crippen molar-refractivity contribution < 1.29 is 19.1 Å². The zero-order valence-electron chi connectivity index (χ0n) is 14.2. The van der Waals surface area contributed by atoms with Gasteiger partial charge in [0.25, 0.3) is 11.7 Å². The molecule has 1 heterocycles. The van der Waals surface area contributed by atoms with Crippen LogP contribution in [0, 0.1) is 0 Å². The normalized spacial score (nSPS) is 10.5. The number of amides is 1. The molecule has 3 aromatic rings. The van der Waals surface area contributed by atoms with E-state index in [1.807, 2.05) is 35.9 Å². The van der Waals surface area contributed by atoms with Crippen LogP contribution in [-0.4, -0.2) is 30.5 Å². The fourth-order valence-corrected chi connectivity index (χ4v) is 2.73. The van der Waals surface area contributed by atoms with Crippen LogP contribution in [0.4, 0.5) is 5.69 Å². The van der Waals surface area contributed by atoms with Crippen LogP contribution in [0.5, 0.6) is 11.5 Å². The van der Waals surface area contributed by atoms with Crippen molar-refractivity contribution in [3.63, 3.8) is 0 Å². The van der Waals surface area contributed by atoms with Gasteiger partial charge in [-0.1, -0.05) is 18.2 Å². The molecule has 0 aliphatic heterocycles. The van der Waals surface area contributed by atoms with Gasteiger partial charge >= 0.3 is 0 Å². The maximum absolute atomic E-state index is 12.6. The average molecular weight is 338 g/mol. The molecule has 0 saturated carbocycles. The molecule has 3 rings (SSSR count). The van der Waals surface area contributed by atoms with E-state index in [0.717, 1.165) is 10.9 Å². The largest absolute Gasteiger partial charge is 0.497 e. The number of hydrogen-bond acceptors (Lipinski definition) is 4. The Hall–Kier alpha value is -3.28. The minimum absolute atomic E-state index is 0.364. The van der Waals surface area contributed by atoms with E-state index in [9.17, 15) is 9.59 Å². The number of carbonyl (C=O) groups excluding carboxylic acids is 2. The standard InChI is InChI=1S/C19H18N2O4/c1-21-11-14(13-6-4-5-7-16(13)21)18(22)19(23)20-15-9-8-12(24-2)10-17(15)25-3/h4-11H,1-3H3,(H,20,23). The topological polar surface area (TPSA) is 69.6 Å². The number of rotatable bonds is 5. The number of carbonyl (C=O) groups is 2. The molecule has 0 atom stereocenters. The SMILES string of the molecule is COc1ccc(NC(=O)C(=O)c2cn(C)c3ccccc23)c(OC)c1. The molecule has 25 heavy (non-hydrogen) atoms. The quantitative estimate of drug-likeness (QED) is 0.573. The molecule has 6 nitrogen and oxygen atoms in total. The van der Waals surface area contributed by atoms with Crippen LogP contribution >= 0.6 is 0 Å². The summed E-state index contributed by atoms with van der Waals surface area (Å²) in [5.74, 6) is -0.317. The fraction of sp³-hybridized carbons (Fsp3) is 0.158. The molecule has 1 amide bonds. The molecule has 1 aromatic heterocycles. The summed E-state index contributed by atoms with van der Waals surface area (Å²) >= 11 is 0. The van der Waals surface area contributed by atoms with Gasteiger partial charge in [0.05, 0.1) is 25.5 Å². The molecule has 0 fully saturated rings. The summed E-state index contributed by atoms with van der Waals surface area (Å²) in [4.78, 5) is 25.0. The van der Waals surface area contributed by atoms with Crippen molar-refractivity contribution in [2.45, 2.75) is 0 Å². The number of ether oxygens (including phenoxy) is 2. The third kappa shape index (κ3) is 3.06. The molecule has 0 radical (unpaired) electrons. The second-order valence-electron chi connectivity index (χ2n) is 5.52. The Kier molecular flexibility index (Phi) is 4.43. The van der Waals surface area contributed by atoms with Gasteiger partial charge in [-0.15, -0.1) is 0 Å². The minimum atomic E-state index is -0.722. The number of Topliss-reactive ketones (excluding diaryl/α,β-unsaturated/α-hetero) is 1. The van der Waals surface area contributed by atoms with E-state index in [0.29, 0.717) is 22.7 Å². The molecule has 6 heteroatoms. The fourth-order valence-electron chi connectivity index (χ4n) is 2.73. The lowest BCUT2D eigenvalue weighted by atomic mass is 10.1. The highest BCUT2D eigenvalue weighted by Gasteiger charge is 2.22. The molecular weight excluding hydrogens is 320 g/mol. The zero-order chi connectivity index (χ0) is 18.0. The van der Waals surface area contributed by atoms with Gasteiger partial charge in [-0.05, 0) is 18.2 Å². The Morgan fingerprint density at radius 3 is 2.52 bits per heavy atom. The van der Waals surface area contributed by atoms with Crippen LogP contribution in [0.3, 0.4) is 0 Å². The van der Waals surface area contributed by atoms with Crippen LogP contribution in [0.1, 0.15) is 10.4 Å². The first-order valence-corrected chi connectivity index (χ1v) is 7.67. The van der Waals surface area contributed by atoms with E-state index in [2.05, 4.69) is 5.32 Å². The second-order valence-corrected chi connectivity index (χ2v) is 5.52. The summed E-state index contributed by atoms with van der Waals surface area (Å²) in [6.07, 6.45) is 1.66. The zero-order valence-corrected chi connectivity index (χ0v) is 14.2. The van der Waals surface area contributed by atoms with Crippen molar-refractivity contribution in [1.82, 2.24) is 4.57 Å². The number of para-hydroxylation sites is 1. The van der Waals surface area contributed by atoms with E-state index >= 15 is 0 Å². The number of methoxy groups -OCH3 is 2. The first-order valence-electron chi connectivity index (χ1n) is 7.67. The summed E-state index contributed by atoms with van der Waals surface area (Å²) in [6, 6.07) is 12.4. The number of anilines is 1. The first-order chi connectivity index (χ1) is 12.0. The third-order valence-electron chi connectivity index (χ3n) is 4.00. The van der Waals surface area contributed by atoms with Crippen LogP contribution < -0.4 is 14.8 Å². The van der Waals surface area contributed by atoms with Gasteiger partial charge in [-0.2, -0.15) is 0 Å². The summed E-state index contributed by atoms with van der Waals surface area (Å²) in [7, 11) is 4.86. The number of benzene rings is 2. The van der Waals surface area contributed by atoms with Gasteiger partial charge in [-0.3, -0.25) is 9.59 Å². The number of ketones is 1. The van der Waals surface area contributed by atoms with Gasteiger partial charge < -0.3 is 19.4 Å². The maximum atomic E-state index is 12.6. The molecule has 0 bridgehead atoms. The number of aromatic nitrogens is 1. The van der Waals surface area contributed by atoms with E-state index in [-0.39, 0.29) is 0 Å². The molecule has 0 spiro atoms. The van der Waals surface area contributed by atoms with Gasteiger partial charge in [0.1, 0.15) is 11.5 Å². The van der Waals surface area contributed by atoms with E-state index in [1.54, 1.807) is 24.4 Å². The summed E-state index contributed by atoms with van der Waals surface area (Å²) < 4.78 is 12.2. The van der Waals surface area contributed by atoms with Gasteiger partial charge in [0.15, 0.2) is 0 Å². The Bertz CT molecular complexity index is 959. The smallest absolute Gasteiger partial charge is 0.296 e. The van der Waals surface area contributed by atoms with Gasteiger partial charge in [-0.25, -0.2) is 0 Å². The van der Waals surface area contributed by atoms with Crippen molar-refractivity contribution in [3.8, 4) is 11.5 Å². The Morgan fingerprint density at radius 1 is 1.04 bits per heavy atom. The first kappa shape index (κ1) is 16.6. The van der Waals surface area contributed by atoms with Crippen molar-refractivity contribution in [2.75, 3.05) is 19.5 Å². The second kappa shape index (κ2) is 6.68. The highest BCUT2D eigenvalue weighted by molar-refractivity contribution is 6.48. The van der Waals surface area contributed by atoms with Gasteiger partial charge in [0.2, 0.25) is 0 Å². The van der Waals surface area contributed by atoms with Crippen molar-refractivity contribution >= 4 is 28.3 Å². The average Bonchev–Trinajstić information content (AvgIpc) is 2.98.